The van der Waals surface area contributed by atoms with Gasteiger partial charge in [-0.3, -0.25) is 13.5 Å². The molecule has 0 amide bonds. The molecular formula is C44H39N5O. The van der Waals surface area contributed by atoms with Gasteiger partial charge in [-0.15, -0.1) is 0 Å². The Morgan fingerprint density at radius 2 is 1.24 bits per heavy atom. The number of aromatic nitrogens is 5. The molecular weight excluding hydrogens is 615 g/mol. The van der Waals surface area contributed by atoms with Gasteiger partial charge in [0.05, 0.1) is 38.8 Å². The first kappa shape index (κ1) is 30.2. The number of benzene rings is 5. The highest BCUT2D eigenvalue weighted by Crippen LogP contribution is 2.37. The van der Waals surface area contributed by atoms with Gasteiger partial charge < -0.3 is 4.74 Å². The van der Waals surface area contributed by atoms with Crippen molar-refractivity contribution < 1.29 is 4.74 Å². The molecule has 0 aliphatic rings. The topological polar surface area (TPSA) is 49.3 Å². The summed E-state index contributed by atoms with van der Waals surface area (Å²) < 4.78 is 13.4. The molecule has 0 saturated heterocycles. The Bertz CT molecular complexity index is 2760. The lowest BCUT2D eigenvalue weighted by Gasteiger charge is -2.20. The average Bonchev–Trinajstić information content (AvgIpc) is 3.74. The van der Waals surface area contributed by atoms with Crippen LogP contribution in [0.2, 0.25) is 0 Å². The second-order valence-electron chi connectivity index (χ2n) is 15.3. The van der Waals surface area contributed by atoms with Gasteiger partial charge in [-0.2, -0.15) is 0 Å². The number of para-hydroxylation sites is 3. The number of imidazole rings is 2. The lowest BCUT2D eigenvalue weighted by Crippen LogP contribution is -2.12. The van der Waals surface area contributed by atoms with Gasteiger partial charge in [0.2, 0.25) is 5.78 Å². The molecule has 0 N–H and O–H groups in total. The fourth-order valence-electron chi connectivity index (χ4n) is 7.21. The van der Waals surface area contributed by atoms with Crippen LogP contribution in [0.4, 0.5) is 0 Å². The van der Waals surface area contributed by atoms with Crippen LogP contribution in [0, 0.1) is 0 Å². The van der Waals surface area contributed by atoms with E-state index in [1.54, 1.807) is 0 Å². The number of rotatable bonds is 4. The number of pyridine rings is 1. The van der Waals surface area contributed by atoms with Crippen molar-refractivity contribution in [1.29, 1.82) is 0 Å². The second-order valence-corrected chi connectivity index (χ2v) is 15.3. The van der Waals surface area contributed by atoms with Crippen molar-refractivity contribution in [2.45, 2.75) is 52.4 Å². The maximum atomic E-state index is 6.66. The Hall–Kier alpha value is -5.88. The lowest BCUT2D eigenvalue weighted by molar-refractivity contribution is 0.483. The summed E-state index contributed by atoms with van der Waals surface area (Å²) in [6, 6.07) is 42.6. The number of hydrogen-bond acceptors (Lipinski definition) is 3. The zero-order chi connectivity index (χ0) is 34.4. The molecule has 0 bridgehead atoms. The maximum Gasteiger partial charge on any atom is 0.220 e. The Labute approximate surface area is 291 Å². The van der Waals surface area contributed by atoms with E-state index >= 15 is 0 Å². The molecule has 0 fully saturated rings. The standard InChI is InChI=1S/C44H39N5O/c1-43(2,3)28-18-21-38-40(24-28)49-37-17-10-8-15-35(37)46-42(49)47(38)30-12-11-13-31(26-30)50-32-19-20-34-33-14-7-9-16-36(33)48(39(34)27-32)41-25-29(22-23-45-41)44(4,5)6/h7-27H,1-6H3. The summed E-state index contributed by atoms with van der Waals surface area (Å²) in [6.45, 7) is 13.5. The van der Waals surface area contributed by atoms with Crippen LogP contribution in [-0.2, 0) is 10.8 Å². The first-order valence-electron chi connectivity index (χ1n) is 17.3. The molecule has 0 spiro atoms. The molecule has 4 aromatic heterocycles. The number of fused-ring (bicyclic) bond motifs is 8. The van der Waals surface area contributed by atoms with Gasteiger partial charge in [-0.1, -0.05) is 84.0 Å². The summed E-state index contributed by atoms with van der Waals surface area (Å²) in [4.78, 5) is 9.97. The van der Waals surface area contributed by atoms with Gasteiger partial charge in [0, 0.05) is 29.1 Å². The predicted octanol–water partition coefficient (Wildman–Crippen LogP) is 11.3. The molecule has 246 valence electrons. The summed E-state index contributed by atoms with van der Waals surface area (Å²) in [5.41, 5.74) is 10.00. The molecule has 5 aromatic carbocycles. The van der Waals surface area contributed by atoms with Gasteiger partial charge in [0.1, 0.15) is 17.3 Å². The average molecular weight is 654 g/mol. The molecule has 6 nitrogen and oxygen atoms in total. The number of ether oxygens (including phenoxy) is 1. The minimum Gasteiger partial charge on any atom is -0.457 e. The van der Waals surface area contributed by atoms with E-state index in [0.717, 1.165) is 67.3 Å². The predicted molar refractivity (Wildman–Crippen MR) is 206 cm³/mol. The zero-order valence-electron chi connectivity index (χ0n) is 29.3. The quantitative estimate of drug-likeness (QED) is 0.190. The van der Waals surface area contributed by atoms with E-state index in [9.17, 15) is 0 Å². The van der Waals surface area contributed by atoms with Crippen molar-refractivity contribution in [2.75, 3.05) is 0 Å². The van der Waals surface area contributed by atoms with Gasteiger partial charge in [0.15, 0.2) is 0 Å². The largest absolute Gasteiger partial charge is 0.457 e. The summed E-state index contributed by atoms with van der Waals surface area (Å²) in [6.07, 6.45) is 1.91. The molecule has 0 aliphatic heterocycles. The van der Waals surface area contributed by atoms with E-state index in [-0.39, 0.29) is 10.8 Å². The van der Waals surface area contributed by atoms with Crippen LogP contribution < -0.4 is 4.74 Å². The highest BCUT2D eigenvalue weighted by Gasteiger charge is 2.22. The Morgan fingerprint density at radius 3 is 2.06 bits per heavy atom. The van der Waals surface area contributed by atoms with Crippen LogP contribution in [-0.4, -0.2) is 23.5 Å². The van der Waals surface area contributed by atoms with Gasteiger partial charge >= 0.3 is 0 Å². The Kier molecular flexibility index (Phi) is 6.53. The highest BCUT2D eigenvalue weighted by molar-refractivity contribution is 6.09. The Balaban J connectivity index is 1.18. The molecule has 0 aliphatic carbocycles. The molecule has 4 heterocycles. The van der Waals surface area contributed by atoms with E-state index in [0.29, 0.717) is 0 Å². The fraction of sp³-hybridized carbons (Fsp3) is 0.182. The van der Waals surface area contributed by atoms with Crippen LogP contribution in [0.15, 0.2) is 128 Å². The third kappa shape index (κ3) is 4.78. The Morgan fingerprint density at radius 1 is 0.520 bits per heavy atom. The first-order valence-corrected chi connectivity index (χ1v) is 17.3. The van der Waals surface area contributed by atoms with Crippen molar-refractivity contribution in [3.05, 3.63) is 139 Å². The summed E-state index contributed by atoms with van der Waals surface area (Å²) in [5.74, 6) is 3.28. The fourth-order valence-corrected chi connectivity index (χ4v) is 7.21. The van der Waals surface area contributed by atoms with Crippen molar-refractivity contribution in [1.82, 2.24) is 23.5 Å². The minimum atomic E-state index is 0.00432. The van der Waals surface area contributed by atoms with Crippen LogP contribution >= 0.6 is 0 Å². The molecule has 0 saturated carbocycles. The van der Waals surface area contributed by atoms with Crippen LogP contribution in [0.25, 0.3) is 61.2 Å². The summed E-state index contributed by atoms with van der Waals surface area (Å²) in [5, 5.41) is 2.34. The molecule has 0 unspecified atom stereocenters. The molecule has 9 rings (SSSR count). The van der Waals surface area contributed by atoms with E-state index in [2.05, 4.69) is 164 Å². The van der Waals surface area contributed by atoms with E-state index in [1.807, 2.05) is 18.3 Å². The third-order valence-corrected chi connectivity index (χ3v) is 9.86. The smallest absolute Gasteiger partial charge is 0.220 e. The van der Waals surface area contributed by atoms with Crippen LogP contribution in [0.5, 0.6) is 11.5 Å². The third-order valence-electron chi connectivity index (χ3n) is 9.86. The summed E-state index contributed by atoms with van der Waals surface area (Å²) in [7, 11) is 0. The van der Waals surface area contributed by atoms with E-state index in [1.165, 1.54) is 16.5 Å². The van der Waals surface area contributed by atoms with Crippen molar-refractivity contribution in [3.8, 4) is 23.0 Å². The van der Waals surface area contributed by atoms with E-state index in [4.69, 9.17) is 14.7 Å². The zero-order valence-corrected chi connectivity index (χ0v) is 29.3. The van der Waals surface area contributed by atoms with Crippen molar-refractivity contribution in [3.63, 3.8) is 0 Å². The molecule has 0 radical (unpaired) electrons. The van der Waals surface area contributed by atoms with Gasteiger partial charge in [0.25, 0.3) is 0 Å². The maximum absolute atomic E-state index is 6.66. The SMILES string of the molecule is CC(C)(C)c1ccnc(-n2c3ccccc3c3ccc(Oc4cccc(-n5c6ccc(C(C)(C)C)cc6n6c7ccccc7nc56)c4)cc32)c1. The van der Waals surface area contributed by atoms with Crippen LogP contribution in [0.1, 0.15) is 52.7 Å². The number of hydrogen-bond donors (Lipinski definition) is 0. The van der Waals surface area contributed by atoms with Crippen molar-refractivity contribution >= 4 is 49.7 Å². The van der Waals surface area contributed by atoms with E-state index < -0.39 is 0 Å². The minimum absolute atomic E-state index is 0.00432. The number of nitrogens with zero attached hydrogens (tertiary/aromatic N) is 5. The lowest BCUT2D eigenvalue weighted by atomic mass is 9.87. The van der Waals surface area contributed by atoms with Crippen molar-refractivity contribution in [2.24, 2.45) is 0 Å². The first-order chi connectivity index (χ1) is 24.0. The molecule has 0 atom stereocenters. The van der Waals surface area contributed by atoms with Gasteiger partial charge in [-0.25, -0.2) is 9.97 Å². The molecule has 50 heavy (non-hydrogen) atoms. The second kappa shape index (κ2) is 10.8. The van der Waals surface area contributed by atoms with Crippen LogP contribution in [0.3, 0.4) is 0 Å². The van der Waals surface area contributed by atoms with Gasteiger partial charge in [-0.05, 0) is 88.7 Å². The molecule has 9 aromatic rings. The highest BCUT2D eigenvalue weighted by atomic mass is 16.5. The molecule has 6 heteroatoms. The monoisotopic (exact) mass is 653 g/mol. The summed E-state index contributed by atoms with van der Waals surface area (Å²) >= 11 is 0. The normalized spacial score (nSPS) is 12.6.